The molecule has 0 saturated carbocycles. The second-order valence-corrected chi connectivity index (χ2v) is 11.2. The van der Waals surface area contributed by atoms with Gasteiger partial charge in [-0.25, -0.2) is 4.39 Å². The Balaban J connectivity index is 2.07. The summed E-state index contributed by atoms with van der Waals surface area (Å²) in [6, 6.07) is 10.3. The summed E-state index contributed by atoms with van der Waals surface area (Å²) in [5.41, 5.74) is 2.08. The zero-order valence-corrected chi connectivity index (χ0v) is 27.0. The average Bonchev–Trinajstić information content (AvgIpc) is 3.01. The first-order valence-corrected chi connectivity index (χ1v) is 16.0. The third-order valence-corrected chi connectivity index (χ3v) is 7.99. The highest BCUT2D eigenvalue weighted by Gasteiger charge is 2.58. The molecule has 0 N–H and O–H groups in total. The lowest BCUT2D eigenvalue weighted by atomic mass is 9.86. The molecular formula is C34H48ClFO7. The zero-order valence-electron chi connectivity index (χ0n) is 26.2. The summed E-state index contributed by atoms with van der Waals surface area (Å²) in [4.78, 5) is 12.5. The minimum atomic E-state index is -1.50. The molecule has 3 rings (SSSR count). The Morgan fingerprint density at radius 3 is 2.14 bits per heavy atom. The second kappa shape index (κ2) is 18.0. The lowest BCUT2D eigenvalue weighted by molar-refractivity contribution is -0.370. The molecule has 0 amide bonds. The van der Waals surface area contributed by atoms with Gasteiger partial charge in [0, 0.05) is 37.5 Å². The van der Waals surface area contributed by atoms with E-state index in [1.165, 1.54) is 13.2 Å². The van der Waals surface area contributed by atoms with Crippen LogP contribution in [-0.4, -0.2) is 64.2 Å². The summed E-state index contributed by atoms with van der Waals surface area (Å²) in [5.74, 6) is -1.73. The highest BCUT2D eigenvalue weighted by molar-refractivity contribution is 6.31. The normalized spacial score (nSPS) is 23.8. The van der Waals surface area contributed by atoms with Crippen molar-refractivity contribution < 1.29 is 37.6 Å². The summed E-state index contributed by atoms with van der Waals surface area (Å²) in [5, 5.41) is 0.506. The highest BCUT2D eigenvalue weighted by Crippen LogP contribution is 2.44. The van der Waals surface area contributed by atoms with E-state index in [9.17, 15) is 9.18 Å². The van der Waals surface area contributed by atoms with E-state index in [1.807, 2.05) is 25.1 Å². The molecule has 2 aromatic rings. The van der Waals surface area contributed by atoms with Crippen molar-refractivity contribution in [1.82, 2.24) is 0 Å². The molecule has 2 aromatic carbocycles. The quantitative estimate of drug-likeness (QED) is 0.119. The Hall–Kier alpha value is -2.07. The molecule has 43 heavy (non-hydrogen) atoms. The molecule has 0 radical (unpaired) electrons. The minimum Gasteiger partial charge on any atom is -0.491 e. The number of hydrogen-bond acceptors (Lipinski definition) is 7. The van der Waals surface area contributed by atoms with Crippen LogP contribution in [-0.2, 0) is 40.7 Å². The van der Waals surface area contributed by atoms with Crippen molar-refractivity contribution in [3.63, 3.8) is 0 Å². The molecule has 0 unspecified atom stereocenters. The summed E-state index contributed by atoms with van der Waals surface area (Å²) in [6.45, 7) is 9.84. The standard InChI is InChI=1S/C34H48ClFO7/c1-6-10-17-40-31-30(23-37)43-34(38-5,33(42-19-12-8-3)32(31)41-18-11-7-2)26-14-15-27(35)25(22-26)20-24-13-16-29(39-9-4)28(36)21-24/h13-16,21-23,30-33H,6-12,17-20H2,1-5H3/t30-,31-,32+,33-,34+/m1/s1. The van der Waals surface area contributed by atoms with Gasteiger partial charge in [-0.05, 0) is 68.0 Å². The summed E-state index contributed by atoms with van der Waals surface area (Å²) >= 11 is 6.66. The SMILES string of the molecule is CCCCO[C@H]1[C@H](OCCCC)[C@@H](C=O)O[C@@](OC)(c2ccc(Cl)c(Cc3ccc(OCC)c(F)c3)c2)[C@@H]1OCCCC. The molecule has 0 bridgehead atoms. The van der Waals surface area contributed by atoms with Crippen LogP contribution in [0.3, 0.4) is 0 Å². The number of halogens is 2. The van der Waals surface area contributed by atoms with Gasteiger partial charge in [-0.2, -0.15) is 0 Å². The van der Waals surface area contributed by atoms with Crippen LogP contribution in [0, 0.1) is 5.82 Å². The van der Waals surface area contributed by atoms with Crippen molar-refractivity contribution in [2.45, 2.75) is 103 Å². The Bertz CT molecular complexity index is 1130. The van der Waals surface area contributed by atoms with E-state index < -0.39 is 36.0 Å². The Kier molecular flexibility index (Phi) is 14.8. The minimum absolute atomic E-state index is 0.205. The molecule has 1 aliphatic heterocycles. The van der Waals surface area contributed by atoms with Gasteiger partial charge in [-0.3, -0.25) is 0 Å². The maximum absolute atomic E-state index is 14.7. The Morgan fingerprint density at radius 2 is 1.56 bits per heavy atom. The smallest absolute Gasteiger partial charge is 0.225 e. The van der Waals surface area contributed by atoms with E-state index in [1.54, 1.807) is 12.1 Å². The lowest BCUT2D eigenvalue weighted by Gasteiger charge is -2.51. The van der Waals surface area contributed by atoms with Crippen LogP contribution in [0.5, 0.6) is 5.75 Å². The molecule has 0 spiro atoms. The third kappa shape index (κ3) is 8.99. The third-order valence-electron chi connectivity index (χ3n) is 7.62. The van der Waals surface area contributed by atoms with Gasteiger partial charge in [0.15, 0.2) is 17.9 Å². The van der Waals surface area contributed by atoms with Crippen LogP contribution < -0.4 is 4.74 Å². The van der Waals surface area contributed by atoms with E-state index in [-0.39, 0.29) is 5.75 Å². The fourth-order valence-corrected chi connectivity index (χ4v) is 5.45. The maximum atomic E-state index is 14.7. The zero-order chi connectivity index (χ0) is 31.2. The molecule has 9 heteroatoms. The van der Waals surface area contributed by atoms with Gasteiger partial charge in [0.2, 0.25) is 5.79 Å². The van der Waals surface area contributed by atoms with Crippen LogP contribution >= 0.6 is 11.6 Å². The molecule has 1 fully saturated rings. The number of methoxy groups -OCH3 is 1. The molecule has 7 nitrogen and oxygen atoms in total. The molecule has 240 valence electrons. The van der Waals surface area contributed by atoms with Crippen molar-refractivity contribution in [3.05, 3.63) is 63.9 Å². The molecule has 1 aliphatic rings. The number of rotatable bonds is 19. The van der Waals surface area contributed by atoms with Gasteiger partial charge in [0.05, 0.1) is 6.61 Å². The first-order chi connectivity index (χ1) is 20.9. The highest BCUT2D eigenvalue weighted by atomic mass is 35.5. The van der Waals surface area contributed by atoms with Crippen molar-refractivity contribution in [2.75, 3.05) is 33.5 Å². The first-order valence-electron chi connectivity index (χ1n) is 15.6. The number of unbranched alkanes of at least 4 members (excludes halogenated alkanes) is 3. The van der Waals surface area contributed by atoms with Gasteiger partial charge < -0.3 is 33.2 Å². The van der Waals surface area contributed by atoms with E-state index in [2.05, 4.69) is 20.8 Å². The van der Waals surface area contributed by atoms with Gasteiger partial charge in [-0.1, -0.05) is 63.8 Å². The molecule has 1 saturated heterocycles. The van der Waals surface area contributed by atoms with Gasteiger partial charge in [-0.15, -0.1) is 0 Å². The number of carbonyl (C=O) groups excluding carboxylic acids is 1. The Labute approximate surface area is 261 Å². The maximum Gasteiger partial charge on any atom is 0.225 e. The monoisotopic (exact) mass is 622 g/mol. The number of aldehydes is 1. The predicted molar refractivity (Wildman–Crippen MR) is 165 cm³/mol. The van der Waals surface area contributed by atoms with Gasteiger partial charge >= 0.3 is 0 Å². The second-order valence-electron chi connectivity index (χ2n) is 10.8. The number of hydrogen-bond donors (Lipinski definition) is 0. The average molecular weight is 623 g/mol. The predicted octanol–water partition coefficient (Wildman–Crippen LogP) is 7.42. The van der Waals surface area contributed by atoms with Crippen molar-refractivity contribution >= 4 is 17.9 Å². The van der Waals surface area contributed by atoms with Crippen LogP contribution in [0.1, 0.15) is 82.9 Å². The summed E-state index contributed by atoms with van der Waals surface area (Å²) in [7, 11) is 1.54. The van der Waals surface area contributed by atoms with Gasteiger partial charge in [0.25, 0.3) is 0 Å². The van der Waals surface area contributed by atoms with E-state index in [0.29, 0.717) is 43.4 Å². The molecular weight excluding hydrogens is 575 g/mol. The van der Waals surface area contributed by atoms with E-state index >= 15 is 0 Å². The van der Waals surface area contributed by atoms with Crippen molar-refractivity contribution in [1.29, 1.82) is 0 Å². The number of carbonyl (C=O) groups is 1. The van der Waals surface area contributed by atoms with Gasteiger partial charge in [0.1, 0.15) is 24.4 Å². The molecule has 1 heterocycles. The fraction of sp³-hybridized carbons (Fsp3) is 0.618. The fourth-order valence-electron chi connectivity index (χ4n) is 5.26. The molecule has 0 aromatic heterocycles. The first kappa shape index (κ1) is 35.4. The number of ether oxygens (including phenoxy) is 6. The van der Waals surface area contributed by atoms with Crippen LogP contribution in [0.25, 0.3) is 0 Å². The van der Waals surface area contributed by atoms with Crippen molar-refractivity contribution in [3.8, 4) is 5.75 Å². The lowest BCUT2D eigenvalue weighted by Crippen LogP contribution is -2.66. The Morgan fingerprint density at radius 1 is 0.907 bits per heavy atom. The largest absolute Gasteiger partial charge is 0.491 e. The topological polar surface area (TPSA) is 72.5 Å². The van der Waals surface area contributed by atoms with Crippen LogP contribution in [0.15, 0.2) is 36.4 Å². The summed E-state index contributed by atoms with van der Waals surface area (Å²) in [6.07, 6.45) is 3.43. The van der Waals surface area contributed by atoms with Crippen molar-refractivity contribution in [2.24, 2.45) is 0 Å². The summed E-state index contributed by atoms with van der Waals surface area (Å²) < 4.78 is 52.0. The molecule has 0 aliphatic carbocycles. The van der Waals surface area contributed by atoms with E-state index in [0.717, 1.165) is 55.9 Å². The van der Waals surface area contributed by atoms with Crippen LogP contribution in [0.4, 0.5) is 4.39 Å². The molecule has 5 atom stereocenters. The van der Waals surface area contributed by atoms with Crippen LogP contribution in [0.2, 0.25) is 5.02 Å². The van der Waals surface area contributed by atoms with E-state index in [4.69, 9.17) is 40.0 Å². The number of benzene rings is 2.